The second kappa shape index (κ2) is 7.97. The van der Waals surface area contributed by atoms with Crippen LogP contribution in [0.2, 0.25) is 5.02 Å². The summed E-state index contributed by atoms with van der Waals surface area (Å²) in [4.78, 5) is 23.5. The fourth-order valence-corrected chi connectivity index (χ4v) is 2.50. The molecule has 0 spiro atoms. The van der Waals surface area contributed by atoms with Crippen molar-refractivity contribution in [2.45, 2.75) is 32.9 Å². The molecule has 1 aromatic heterocycles. The molecule has 1 atom stereocenters. The summed E-state index contributed by atoms with van der Waals surface area (Å²) >= 11 is 6.11. The number of carboxylic acids is 1. The van der Waals surface area contributed by atoms with Crippen LogP contribution in [0.4, 0.5) is 0 Å². The minimum absolute atomic E-state index is 0.161. The maximum absolute atomic E-state index is 12.2. The summed E-state index contributed by atoms with van der Waals surface area (Å²) in [5.74, 6) is -1.33. The first-order valence-electron chi connectivity index (χ1n) is 7.66. The predicted octanol–water partition coefficient (Wildman–Crippen LogP) is 2.81. The number of carbonyl (C=O) groups excluding carboxylic acids is 1. The topological polar surface area (TPSA) is 84.2 Å². The van der Waals surface area contributed by atoms with Crippen molar-refractivity contribution in [3.05, 3.63) is 52.8 Å². The molecule has 0 aliphatic carbocycles. The molecule has 0 saturated heterocycles. The van der Waals surface area contributed by atoms with Gasteiger partial charge in [0.15, 0.2) is 0 Å². The SMILES string of the molecule is CC(C)CC(NC(=O)c1cnn(Cc2ccccc2Cl)c1)C(=O)O. The number of aromatic nitrogens is 2. The highest BCUT2D eigenvalue weighted by atomic mass is 35.5. The molecule has 1 unspecified atom stereocenters. The van der Waals surface area contributed by atoms with E-state index in [1.807, 2.05) is 32.0 Å². The molecule has 24 heavy (non-hydrogen) atoms. The van der Waals surface area contributed by atoms with Crippen molar-refractivity contribution >= 4 is 23.5 Å². The number of nitrogens with zero attached hydrogens (tertiary/aromatic N) is 2. The molecule has 0 fully saturated rings. The number of hydrogen-bond acceptors (Lipinski definition) is 3. The number of aliphatic carboxylic acids is 1. The molecule has 1 aromatic carbocycles. The summed E-state index contributed by atoms with van der Waals surface area (Å²) in [5, 5.41) is 16.5. The lowest BCUT2D eigenvalue weighted by Crippen LogP contribution is -2.41. The predicted molar refractivity (Wildman–Crippen MR) is 91.1 cm³/mol. The van der Waals surface area contributed by atoms with E-state index in [4.69, 9.17) is 11.6 Å². The molecule has 0 aliphatic rings. The Bertz CT molecular complexity index is 727. The average molecular weight is 350 g/mol. The third-order valence-electron chi connectivity index (χ3n) is 3.50. The Morgan fingerprint density at radius 1 is 1.33 bits per heavy atom. The van der Waals surface area contributed by atoms with Gasteiger partial charge in [-0.2, -0.15) is 5.10 Å². The molecule has 0 bridgehead atoms. The number of carboxylic acid groups (broad SMARTS) is 1. The van der Waals surface area contributed by atoms with E-state index in [9.17, 15) is 14.7 Å². The third kappa shape index (κ3) is 4.83. The van der Waals surface area contributed by atoms with E-state index < -0.39 is 17.9 Å². The van der Waals surface area contributed by atoms with Gasteiger partial charge in [0.2, 0.25) is 0 Å². The lowest BCUT2D eigenvalue weighted by Gasteiger charge is -2.15. The number of carbonyl (C=O) groups is 2. The lowest BCUT2D eigenvalue weighted by atomic mass is 10.0. The Morgan fingerprint density at radius 2 is 2.04 bits per heavy atom. The Hall–Kier alpha value is -2.34. The highest BCUT2D eigenvalue weighted by Crippen LogP contribution is 2.16. The van der Waals surface area contributed by atoms with Crippen LogP contribution in [0, 0.1) is 5.92 Å². The second-order valence-corrected chi connectivity index (χ2v) is 6.42. The van der Waals surface area contributed by atoms with E-state index in [0.717, 1.165) is 5.56 Å². The van der Waals surface area contributed by atoms with Crippen LogP contribution in [0.25, 0.3) is 0 Å². The third-order valence-corrected chi connectivity index (χ3v) is 3.86. The molecule has 0 saturated carbocycles. The highest BCUT2D eigenvalue weighted by Gasteiger charge is 2.22. The van der Waals surface area contributed by atoms with E-state index in [1.165, 1.54) is 6.20 Å². The van der Waals surface area contributed by atoms with Crippen LogP contribution in [-0.4, -0.2) is 32.8 Å². The van der Waals surface area contributed by atoms with Gasteiger partial charge in [-0.1, -0.05) is 43.6 Å². The first-order chi connectivity index (χ1) is 11.4. The van der Waals surface area contributed by atoms with Gasteiger partial charge in [-0.15, -0.1) is 0 Å². The van der Waals surface area contributed by atoms with Crippen LogP contribution in [0.5, 0.6) is 0 Å². The van der Waals surface area contributed by atoms with Crippen LogP contribution in [0.15, 0.2) is 36.7 Å². The van der Waals surface area contributed by atoms with Gasteiger partial charge in [0.05, 0.1) is 18.3 Å². The minimum Gasteiger partial charge on any atom is -0.480 e. The molecule has 6 nitrogen and oxygen atoms in total. The molecule has 128 valence electrons. The fraction of sp³-hybridized carbons (Fsp3) is 0.353. The Morgan fingerprint density at radius 3 is 2.67 bits per heavy atom. The zero-order chi connectivity index (χ0) is 17.7. The quantitative estimate of drug-likeness (QED) is 0.805. The number of hydrogen-bond donors (Lipinski definition) is 2. The van der Waals surface area contributed by atoms with Gasteiger partial charge in [-0.3, -0.25) is 9.48 Å². The molecule has 0 aliphatic heterocycles. The lowest BCUT2D eigenvalue weighted by molar-refractivity contribution is -0.139. The molecule has 1 amide bonds. The van der Waals surface area contributed by atoms with Crippen LogP contribution in [0.1, 0.15) is 36.2 Å². The summed E-state index contributed by atoms with van der Waals surface area (Å²) in [6.45, 7) is 4.24. The first kappa shape index (κ1) is 18.0. The number of nitrogens with one attached hydrogen (secondary N) is 1. The van der Waals surface area contributed by atoms with E-state index in [-0.39, 0.29) is 5.92 Å². The molecule has 2 N–H and O–H groups in total. The van der Waals surface area contributed by atoms with Gasteiger partial charge in [-0.25, -0.2) is 4.79 Å². The molecular formula is C17H20ClN3O3. The highest BCUT2D eigenvalue weighted by molar-refractivity contribution is 6.31. The molecule has 2 aromatic rings. The molecular weight excluding hydrogens is 330 g/mol. The van der Waals surface area contributed by atoms with Crippen molar-refractivity contribution in [1.29, 1.82) is 0 Å². The summed E-state index contributed by atoms with van der Waals surface area (Å²) in [5.41, 5.74) is 1.20. The van der Waals surface area contributed by atoms with Crippen molar-refractivity contribution in [2.75, 3.05) is 0 Å². The van der Waals surface area contributed by atoms with Gasteiger partial charge in [0.1, 0.15) is 6.04 Å². The summed E-state index contributed by atoms with van der Waals surface area (Å²) in [6, 6.07) is 6.48. The smallest absolute Gasteiger partial charge is 0.326 e. The van der Waals surface area contributed by atoms with Crippen LogP contribution >= 0.6 is 11.6 Å². The zero-order valence-corrected chi connectivity index (χ0v) is 14.3. The molecule has 2 rings (SSSR count). The molecule has 0 radical (unpaired) electrons. The van der Waals surface area contributed by atoms with Gasteiger partial charge in [0.25, 0.3) is 5.91 Å². The number of benzene rings is 1. The van der Waals surface area contributed by atoms with Crippen LogP contribution in [0.3, 0.4) is 0 Å². The number of halogens is 1. The monoisotopic (exact) mass is 349 g/mol. The average Bonchev–Trinajstić information content (AvgIpc) is 2.97. The van der Waals surface area contributed by atoms with E-state index in [1.54, 1.807) is 16.9 Å². The van der Waals surface area contributed by atoms with E-state index in [0.29, 0.717) is 23.6 Å². The molecule has 7 heteroatoms. The Labute approximate surface area is 145 Å². The van der Waals surface area contributed by atoms with Gasteiger partial charge in [0, 0.05) is 11.2 Å². The number of rotatable bonds is 7. The van der Waals surface area contributed by atoms with Crippen molar-refractivity contribution in [3.8, 4) is 0 Å². The second-order valence-electron chi connectivity index (χ2n) is 6.01. The molecule has 1 heterocycles. The van der Waals surface area contributed by atoms with Crippen molar-refractivity contribution in [2.24, 2.45) is 5.92 Å². The zero-order valence-electron chi connectivity index (χ0n) is 13.6. The maximum Gasteiger partial charge on any atom is 0.326 e. The van der Waals surface area contributed by atoms with Crippen molar-refractivity contribution < 1.29 is 14.7 Å². The maximum atomic E-state index is 12.2. The van der Waals surface area contributed by atoms with Crippen molar-refractivity contribution in [1.82, 2.24) is 15.1 Å². The van der Waals surface area contributed by atoms with Crippen LogP contribution in [-0.2, 0) is 11.3 Å². The van der Waals surface area contributed by atoms with E-state index >= 15 is 0 Å². The van der Waals surface area contributed by atoms with Gasteiger partial charge < -0.3 is 10.4 Å². The van der Waals surface area contributed by atoms with Crippen LogP contribution < -0.4 is 5.32 Å². The Kier molecular flexibility index (Phi) is 5.98. The fourth-order valence-electron chi connectivity index (χ4n) is 2.30. The summed E-state index contributed by atoms with van der Waals surface area (Å²) in [7, 11) is 0. The normalized spacial score (nSPS) is 12.2. The standard InChI is InChI=1S/C17H20ClN3O3/c1-11(2)7-15(17(23)24)20-16(22)13-8-19-21(10-13)9-12-5-3-4-6-14(12)18/h3-6,8,10-11,15H,7,9H2,1-2H3,(H,20,22)(H,23,24). The number of amides is 1. The first-order valence-corrected chi connectivity index (χ1v) is 8.04. The van der Waals surface area contributed by atoms with Gasteiger partial charge >= 0.3 is 5.97 Å². The minimum atomic E-state index is -1.04. The largest absolute Gasteiger partial charge is 0.480 e. The summed E-state index contributed by atoms with van der Waals surface area (Å²) < 4.78 is 1.59. The van der Waals surface area contributed by atoms with Crippen molar-refractivity contribution in [3.63, 3.8) is 0 Å². The Balaban J connectivity index is 2.05. The van der Waals surface area contributed by atoms with Gasteiger partial charge in [-0.05, 0) is 24.0 Å². The van der Waals surface area contributed by atoms with E-state index in [2.05, 4.69) is 10.4 Å². The summed E-state index contributed by atoms with van der Waals surface area (Å²) in [6.07, 6.45) is 3.36.